The lowest BCUT2D eigenvalue weighted by atomic mass is 10.0. The van der Waals surface area contributed by atoms with Gasteiger partial charge < -0.3 is 15.9 Å². The molecule has 0 unspecified atom stereocenters. The van der Waals surface area contributed by atoms with Gasteiger partial charge in [0, 0.05) is 10.0 Å². The predicted molar refractivity (Wildman–Crippen MR) is 55.7 cm³/mol. The van der Waals surface area contributed by atoms with Crippen LogP contribution in [-0.2, 0) is 0 Å². The highest BCUT2D eigenvalue weighted by molar-refractivity contribution is 9.10. The van der Waals surface area contributed by atoms with Gasteiger partial charge in [-0.05, 0) is 12.1 Å². The van der Waals surface area contributed by atoms with Crippen LogP contribution >= 0.6 is 15.9 Å². The van der Waals surface area contributed by atoms with E-state index in [0.717, 1.165) is 6.07 Å². The lowest BCUT2D eigenvalue weighted by Gasteiger charge is -2.15. The highest BCUT2D eigenvalue weighted by Gasteiger charge is 2.26. The van der Waals surface area contributed by atoms with Crippen molar-refractivity contribution < 1.29 is 23.8 Å². The van der Waals surface area contributed by atoms with Crippen LogP contribution in [0.15, 0.2) is 16.6 Å². The van der Waals surface area contributed by atoms with E-state index in [4.69, 9.17) is 10.8 Å². The third kappa shape index (κ3) is 2.30. The quantitative estimate of drug-likeness (QED) is 0.797. The van der Waals surface area contributed by atoms with E-state index in [1.54, 1.807) is 0 Å². The zero-order valence-electron chi connectivity index (χ0n) is 7.82. The molecule has 4 nitrogen and oxygen atoms in total. The molecular weight excluding hydrogens is 288 g/mol. The smallest absolute Gasteiger partial charge is 0.339 e. The molecule has 1 atom stereocenters. The molecule has 0 amide bonds. The molecule has 0 heterocycles. The number of hydrogen-bond donors (Lipinski definition) is 3. The van der Waals surface area contributed by atoms with E-state index in [1.807, 2.05) is 0 Å². The molecule has 0 saturated carbocycles. The summed E-state index contributed by atoms with van der Waals surface area (Å²) in [5, 5.41) is 18.2. The fraction of sp³-hybridized carbons (Fsp3) is 0.222. The van der Waals surface area contributed by atoms with Gasteiger partial charge in [0.05, 0.1) is 6.04 Å². The van der Waals surface area contributed by atoms with Crippen molar-refractivity contribution in [3.63, 3.8) is 0 Å². The van der Waals surface area contributed by atoms with Crippen molar-refractivity contribution in [2.24, 2.45) is 5.73 Å². The molecule has 0 aliphatic rings. The normalized spacial score (nSPS) is 12.8. The number of carboxylic acid groups (broad SMARTS) is 1. The maximum absolute atomic E-state index is 12.4. The Morgan fingerprint density at radius 3 is 2.44 bits per heavy atom. The first-order valence-corrected chi connectivity index (χ1v) is 4.94. The SMILES string of the molecule is N[C@H](c1c(Br)ccc(C(=O)O)c1O)C(F)F. The van der Waals surface area contributed by atoms with Crippen LogP contribution < -0.4 is 5.73 Å². The third-order valence-electron chi connectivity index (χ3n) is 2.00. The minimum Gasteiger partial charge on any atom is -0.507 e. The Balaban J connectivity index is 3.37. The van der Waals surface area contributed by atoms with Gasteiger partial charge in [-0.3, -0.25) is 0 Å². The van der Waals surface area contributed by atoms with Crippen molar-refractivity contribution in [2.75, 3.05) is 0 Å². The van der Waals surface area contributed by atoms with Crippen LogP contribution in [0, 0.1) is 0 Å². The van der Waals surface area contributed by atoms with Gasteiger partial charge in [-0.2, -0.15) is 0 Å². The molecule has 1 rings (SSSR count). The fourth-order valence-corrected chi connectivity index (χ4v) is 1.78. The van der Waals surface area contributed by atoms with Gasteiger partial charge in [0.15, 0.2) is 0 Å². The topological polar surface area (TPSA) is 83.6 Å². The maximum atomic E-state index is 12.4. The molecule has 0 fully saturated rings. The van der Waals surface area contributed by atoms with E-state index in [2.05, 4.69) is 15.9 Å². The highest BCUT2D eigenvalue weighted by atomic mass is 79.9. The largest absolute Gasteiger partial charge is 0.507 e. The molecule has 0 bridgehead atoms. The fourth-order valence-electron chi connectivity index (χ4n) is 1.20. The summed E-state index contributed by atoms with van der Waals surface area (Å²) >= 11 is 2.93. The van der Waals surface area contributed by atoms with Crippen molar-refractivity contribution in [1.82, 2.24) is 0 Å². The zero-order chi connectivity index (χ0) is 12.5. The second kappa shape index (κ2) is 4.75. The van der Waals surface area contributed by atoms with E-state index >= 15 is 0 Å². The number of aromatic hydroxyl groups is 1. The van der Waals surface area contributed by atoms with E-state index < -0.39 is 29.7 Å². The number of carbonyl (C=O) groups is 1. The second-order valence-electron chi connectivity index (χ2n) is 3.02. The van der Waals surface area contributed by atoms with Crippen LogP contribution in [0.3, 0.4) is 0 Å². The molecule has 7 heteroatoms. The van der Waals surface area contributed by atoms with Crippen LogP contribution in [0.4, 0.5) is 8.78 Å². The number of rotatable bonds is 3. The van der Waals surface area contributed by atoms with Crippen molar-refractivity contribution in [3.8, 4) is 5.75 Å². The lowest BCUT2D eigenvalue weighted by Crippen LogP contribution is -2.20. The van der Waals surface area contributed by atoms with E-state index in [-0.39, 0.29) is 10.0 Å². The van der Waals surface area contributed by atoms with Crippen LogP contribution in [0.5, 0.6) is 5.75 Å². The third-order valence-corrected chi connectivity index (χ3v) is 2.69. The first-order valence-electron chi connectivity index (χ1n) is 4.14. The van der Waals surface area contributed by atoms with Crippen molar-refractivity contribution >= 4 is 21.9 Å². The highest BCUT2D eigenvalue weighted by Crippen LogP contribution is 2.36. The molecule has 0 spiro atoms. The van der Waals surface area contributed by atoms with Crippen molar-refractivity contribution in [3.05, 3.63) is 27.7 Å². The van der Waals surface area contributed by atoms with Crippen LogP contribution in [0.2, 0.25) is 0 Å². The minimum absolute atomic E-state index is 0.141. The summed E-state index contributed by atoms with van der Waals surface area (Å²) in [5.74, 6) is -2.15. The summed E-state index contributed by atoms with van der Waals surface area (Å²) in [6, 6.07) is 0.609. The van der Waals surface area contributed by atoms with Crippen LogP contribution in [-0.4, -0.2) is 22.6 Å². The summed E-state index contributed by atoms with van der Waals surface area (Å²) in [5.41, 5.74) is 4.40. The van der Waals surface area contributed by atoms with E-state index in [0.29, 0.717) is 0 Å². The number of hydrogen-bond acceptors (Lipinski definition) is 3. The Morgan fingerprint density at radius 2 is 2.00 bits per heavy atom. The van der Waals surface area contributed by atoms with Crippen molar-refractivity contribution in [1.29, 1.82) is 0 Å². The Hall–Kier alpha value is -1.21. The average molecular weight is 296 g/mol. The number of alkyl halides is 2. The van der Waals surface area contributed by atoms with Gasteiger partial charge in [-0.25, -0.2) is 13.6 Å². The monoisotopic (exact) mass is 295 g/mol. The molecule has 0 aliphatic heterocycles. The number of phenols is 1. The summed E-state index contributed by atoms with van der Waals surface area (Å²) in [7, 11) is 0. The Kier molecular flexibility index (Phi) is 3.82. The van der Waals surface area contributed by atoms with Gasteiger partial charge >= 0.3 is 5.97 Å². The van der Waals surface area contributed by atoms with Gasteiger partial charge in [-0.15, -0.1) is 0 Å². The Morgan fingerprint density at radius 1 is 1.44 bits per heavy atom. The van der Waals surface area contributed by atoms with Gasteiger partial charge in [0.2, 0.25) is 0 Å². The lowest BCUT2D eigenvalue weighted by molar-refractivity contribution is 0.0692. The zero-order valence-corrected chi connectivity index (χ0v) is 9.41. The average Bonchev–Trinajstić information content (AvgIpc) is 2.16. The second-order valence-corrected chi connectivity index (χ2v) is 3.88. The molecule has 0 saturated heterocycles. The number of benzene rings is 1. The minimum atomic E-state index is -2.90. The molecule has 0 radical (unpaired) electrons. The van der Waals surface area contributed by atoms with Crippen LogP contribution in [0.25, 0.3) is 0 Å². The molecule has 0 aromatic heterocycles. The first kappa shape index (κ1) is 12.9. The van der Waals surface area contributed by atoms with Crippen LogP contribution in [0.1, 0.15) is 22.0 Å². The molecule has 4 N–H and O–H groups in total. The molecule has 16 heavy (non-hydrogen) atoms. The van der Waals surface area contributed by atoms with Gasteiger partial charge in [-0.1, -0.05) is 15.9 Å². The van der Waals surface area contributed by atoms with E-state index in [9.17, 15) is 18.7 Å². The van der Waals surface area contributed by atoms with E-state index in [1.165, 1.54) is 6.07 Å². The molecular formula is C9H8BrF2NO3. The predicted octanol–water partition coefficient (Wildman–Crippen LogP) is 2.12. The number of carboxylic acids is 1. The molecule has 1 aromatic rings. The molecule has 1 aromatic carbocycles. The first-order chi connectivity index (χ1) is 7.36. The molecule has 88 valence electrons. The number of nitrogens with two attached hydrogens (primary N) is 1. The van der Waals surface area contributed by atoms with Gasteiger partial charge in [0.25, 0.3) is 6.43 Å². The standard InChI is InChI=1S/C9H8BrF2NO3/c10-4-2-1-3(9(15)16)7(14)5(4)6(13)8(11)12/h1-2,6,8,14H,13H2,(H,15,16)/t6-/m1/s1. The summed E-state index contributed by atoms with van der Waals surface area (Å²) in [6.07, 6.45) is -2.90. The number of aromatic carboxylic acids is 1. The van der Waals surface area contributed by atoms with Crippen molar-refractivity contribution in [2.45, 2.75) is 12.5 Å². The summed E-state index contributed by atoms with van der Waals surface area (Å²) in [6.45, 7) is 0. The summed E-state index contributed by atoms with van der Waals surface area (Å²) < 4.78 is 24.9. The summed E-state index contributed by atoms with van der Waals surface area (Å²) in [4.78, 5) is 10.7. The maximum Gasteiger partial charge on any atom is 0.339 e. The van der Waals surface area contributed by atoms with Gasteiger partial charge in [0.1, 0.15) is 11.3 Å². The molecule has 0 aliphatic carbocycles. The Bertz CT molecular complexity index is 425. The number of halogens is 3. The Labute approximate surface area is 97.8 Å².